The molecule has 0 radical (unpaired) electrons. The maximum absolute atomic E-state index is 5.81. The zero-order chi connectivity index (χ0) is 17.5. The molecule has 0 fully saturated rings. The smallest absolute Gasteiger partial charge is 0.219 e. The first-order valence-electron chi connectivity index (χ1n) is 7.96. The third kappa shape index (κ3) is 4.99. The monoisotopic (exact) mass is 327 g/mol. The molecule has 24 heavy (non-hydrogen) atoms. The Kier molecular flexibility index (Phi) is 6.21. The Morgan fingerprint density at radius 2 is 2.04 bits per heavy atom. The van der Waals surface area contributed by atoms with Crippen molar-refractivity contribution >= 4 is 5.70 Å². The standard InChI is InChI=1S/C19H25N3O2/c1-13(2)10-21-11-15-5-7-17(18(9-15)23-4)24-19-8-6-16(12-22-19)14(3)20/h5-9,12-13,21H,3,10-11,20H2,1-2,4H3. The summed E-state index contributed by atoms with van der Waals surface area (Å²) >= 11 is 0. The number of rotatable bonds is 8. The normalized spacial score (nSPS) is 10.7. The highest BCUT2D eigenvalue weighted by Gasteiger charge is 2.08. The molecule has 0 amide bonds. The predicted molar refractivity (Wildman–Crippen MR) is 97.1 cm³/mol. The minimum atomic E-state index is 0.476. The summed E-state index contributed by atoms with van der Waals surface area (Å²) in [5.41, 5.74) is 8.03. The first-order valence-corrected chi connectivity index (χ1v) is 7.96. The lowest BCUT2D eigenvalue weighted by atomic mass is 10.2. The van der Waals surface area contributed by atoms with Crippen molar-refractivity contribution in [3.8, 4) is 17.4 Å². The first kappa shape index (κ1) is 17.8. The van der Waals surface area contributed by atoms with Gasteiger partial charge in [-0.2, -0.15) is 0 Å². The molecule has 0 aliphatic rings. The Labute approximate surface area is 143 Å². The highest BCUT2D eigenvalue weighted by molar-refractivity contribution is 5.59. The molecule has 5 nitrogen and oxygen atoms in total. The predicted octanol–water partition coefficient (Wildman–Crippen LogP) is 3.56. The van der Waals surface area contributed by atoms with Gasteiger partial charge in [0.2, 0.25) is 5.88 Å². The lowest BCUT2D eigenvalue weighted by Gasteiger charge is -2.13. The molecule has 128 valence electrons. The number of aromatic nitrogens is 1. The van der Waals surface area contributed by atoms with Crippen LogP contribution in [0.5, 0.6) is 17.4 Å². The van der Waals surface area contributed by atoms with Gasteiger partial charge >= 0.3 is 0 Å². The average Bonchev–Trinajstić information content (AvgIpc) is 2.56. The summed E-state index contributed by atoms with van der Waals surface area (Å²) in [7, 11) is 1.63. The van der Waals surface area contributed by atoms with E-state index in [1.54, 1.807) is 19.4 Å². The van der Waals surface area contributed by atoms with Crippen LogP contribution in [0.25, 0.3) is 5.70 Å². The number of nitrogens with one attached hydrogen (secondary N) is 1. The largest absolute Gasteiger partial charge is 0.493 e. The first-order chi connectivity index (χ1) is 11.5. The number of hydrogen-bond donors (Lipinski definition) is 2. The van der Waals surface area contributed by atoms with E-state index in [9.17, 15) is 0 Å². The highest BCUT2D eigenvalue weighted by Crippen LogP contribution is 2.31. The van der Waals surface area contributed by atoms with E-state index in [0.29, 0.717) is 29.0 Å². The number of pyridine rings is 1. The van der Waals surface area contributed by atoms with E-state index >= 15 is 0 Å². The zero-order valence-electron chi connectivity index (χ0n) is 14.5. The van der Waals surface area contributed by atoms with Gasteiger partial charge in [-0.25, -0.2) is 4.98 Å². The van der Waals surface area contributed by atoms with Crippen molar-refractivity contribution in [2.75, 3.05) is 13.7 Å². The molecule has 1 heterocycles. The average molecular weight is 327 g/mol. The zero-order valence-corrected chi connectivity index (χ0v) is 14.5. The molecule has 0 aliphatic heterocycles. The van der Waals surface area contributed by atoms with Crippen LogP contribution in [0.15, 0.2) is 43.1 Å². The van der Waals surface area contributed by atoms with E-state index in [1.807, 2.05) is 24.3 Å². The van der Waals surface area contributed by atoms with Crippen molar-refractivity contribution in [2.45, 2.75) is 20.4 Å². The molecule has 3 N–H and O–H groups in total. The van der Waals surface area contributed by atoms with Gasteiger partial charge in [-0.15, -0.1) is 0 Å². The molecule has 2 rings (SSSR count). The van der Waals surface area contributed by atoms with Crippen LogP contribution in [0.3, 0.4) is 0 Å². The maximum atomic E-state index is 5.81. The Hall–Kier alpha value is -2.53. The number of nitrogens with two attached hydrogens (primary N) is 1. The maximum Gasteiger partial charge on any atom is 0.219 e. The summed E-state index contributed by atoms with van der Waals surface area (Å²) in [6, 6.07) is 9.45. The van der Waals surface area contributed by atoms with Crippen molar-refractivity contribution in [3.63, 3.8) is 0 Å². The highest BCUT2D eigenvalue weighted by atomic mass is 16.5. The second-order valence-corrected chi connectivity index (χ2v) is 6.02. The molecule has 0 spiro atoms. The molecule has 0 unspecified atom stereocenters. The van der Waals surface area contributed by atoms with Crippen LogP contribution in [0.2, 0.25) is 0 Å². The molecular weight excluding hydrogens is 302 g/mol. The van der Waals surface area contributed by atoms with Crippen LogP contribution in [0, 0.1) is 5.92 Å². The molecule has 0 atom stereocenters. The van der Waals surface area contributed by atoms with Crippen molar-refractivity contribution in [1.29, 1.82) is 0 Å². The lowest BCUT2D eigenvalue weighted by Crippen LogP contribution is -2.18. The van der Waals surface area contributed by atoms with E-state index in [4.69, 9.17) is 15.2 Å². The molecule has 0 aliphatic carbocycles. The second kappa shape index (κ2) is 8.36. The van der Waals surface area contributed by atoms with Gasteiger partial charge < -0.3 is 20.5 Å². The van der Waals surface area contributed by atoms with Crippen LogP contribution in [0.1, 0.15) is 25.0 Å². The molecule has 1 aromatic carbocycles. The van der Waals surface area contributed by atoms with Gasteiger partial charge in [0.25, 0.3) is 0 Å². The van der Waals surface area contributed by atoms with Crippen LogP contribution >= 0.6 is 0 Å². The molecule has 1 aromatic heterocycles. The van der Waals surface area contributed by atoms with Gasteiger partial charge in [0.1, 0.15) is 0 Å². The van der Waals surface area contributed by atoms with Crippen LogP contribution < -0.4 is 20.5 Å². The SMILES string of the molecule is C=C(N)c1ccc(Oc2ccc(CNCC(C)C)cc2OC)nc1. The van der Waals surface area contributed by atoms with Crippen molar-refractivity contribution in [3.05, 3.63) is 54.2 Å². The van der Waals surface area contributed by atoms with E-state index in [0.717, 1.165) is 24.2 Å². The number of methoxy groups -OCH3 is 1. The lowest BCUT2D eigenvalue weighted by molar-refractivity contribution is 0.373. The summed E-state index contributed by atoms with van der Waals surface area (Å²) in [5.74, 6) is 2.39. The van der Waals surface area contributed by atoms with Gasteiger partial charge in [-0.1, -0.05) is 26.5 Å². The molecule has 0 saturated heterocycles. The minimum absolute atomic E-state index is 0.476. The van der Waals surface area contributed by atoms with Crippen molar-refractivity contribution in [2.24, 2.45) is 11.7 Å². The van der Waals surface area contributed by atoms with Gasteiger partial charge in [0, 0.05) is 30.1 Å². The van der Waals surface area contributed by atoms with E-state index < -0.39 is 0 Å². The third-order valence-electron chi connectivity index (χ3n) is 3.43. The molecule has 0 bridgehead atoms. The summed E-state index contributed by atoms with van der Waals surface area (Å²) in [6.45, 7) is 9.82. The summed E-state index contributed by atoms with van der Waals surface area (Å²) < 4.78 is 11.2. The summed E-state index contributed by atoms with van der Waals surface area (Å²) in [5, 5.41) is 3.41. The third-order valence-corrected chi connectivity index (χ3v) is 3.43. The molecule has 5 heteroatoms. The quantitative estimate of drug-likeness (QED) is 0.776. The summed E-state index contributed by atoms with van der Waals surface area (Å²) in [6.07, 6.45) is 1.63. The summed E-state index contributed by atoms with van der Waals surface area (Å²) in [4.78, 5) is 4.23. The van der Waals surface area contributed by atoms with Crippen molar-refractivity contribution < 1.29 is 9.47 Å². The van der Waals surface area contributed by atoms with Gasteiger partial charge in [-0.3, -0.25) is 0 Å². The topological polar surface area (TPSA) is 69.4 Å². The van der Waals surface area contributed by atoms with E-state index in [-0.39, 0.29) is 0 Å². The molecule has 2 aromatic rings. The Bertz CT molecular complexity index is 682. The Morgan fingerprint density at radius 1 is 1.25 bits per heavy atom. The van der Waals surface area contributed by atoms with Crippen molar-refractivity contribution in [1.82, 2.24) is 10.3 Å². The number of hydrogen-bond acceptors (Lipinski definition) is 5. The second-order valence-electron chi connectivity index (χ2n) is 6.02. The molecule has 0 saturated carbocycles. The fourth-order valence-corrected chi connectivity index (χ4v) is 2.15. The molecular formula is C19H25N3O2. The Balaban J connectivity index is 2.08. The van der Waals surface area contributed by atoms with Gasteiger partial charge in [0.15, 0.2) is 11.5 Å². The van der Waals surface area contributed by atoms with Gasteiger partial charge in [0.05, 0.1) is 7.11 Å². The number of ether oxygens (including phenoxy) is 2. The fraction of sp³-hybridized carbons (Fsp3) is 0.316. The Morgan fingerprint density at radius 3 is 2.62 bits per heavy atom. The van der Waals surface area contributed by atoms with E-state index in [2.05, 4.69) is 30.7 Å². The van der Waals surface area contributed by atoms with Crippen LogP contribution in [0.4, 0.5) is 0 Å². The van der Waals surface area contributed by atoms with E-state index in [1.165, 1.54) is 0 Å². The van der Waals surface area contributed by atoms with Crippen LogP contribution in [-0.2, 0) is 6.54 Å². The number of benzene rings is 1. The van der Waals surface area contributed by atoms with Crippen LogP contribution in [-0.4, -0.2) is 18.6 Å². The minimum Gasteiger partial charge on any atom is -0.493 e. The fourth-order valence-electron chi connectivity index (χ4n) is 2.15. The van der Waals surface area contributed by atoms with Gasteiger partial charge in [-0.05, 0) is 36.2 Å². The number of nitrogens with zero attached hydrogens (tertiary/aromatic N) is 1.